The normalized spacial score (nSPS) is 19.7. The van der Waals surface area contributed by atoms with Gasteiger partial charge in [0.05, 0.1) is 27.8 Å². The van der Waals surface area contributed by atoms with Gasteiger partial charge in [0.25, 0.3) is 0 Å². The summed E-state index contributed by atoms with van der Waals surface area (Å²) in [5.74, 6) is 1.50. The van der Waals surface area contributed by atoms with Crippen molar-refractivity contribution >= 4 is 60.1 Å². The van der Waals surface area contributed by atoms with Crippen LogP contribution in [-0.2, 0) is 0 Å². The van der Waals surface area contributed by atoms with Crippen molar-refractivity contribution in [2.75, 3.05) is 0 Å². The molecule has 0 aliphatic heterocycles. The van der Waals surface area contributed by atoms with Gasteiger partial charge in [-0.25, -0.2) is 0 Å². The van der Waals surface area contributed by atoms with Crippen molar-refractivity contribution in [1.29, 1.82) is 0 Å². The molecular weight excluding hydrogens is 653 g/mol. The van der Waals surface area contributed by atoms with Crippen LogP contribution in [0.25, 0.3) is 76.9 Å². The Balaban J connectivity index is 0.968. The van der Waals surface area contributed by atoms with Gasteiger partial charge in [-0.3, -0.25) is 0 Å². The summed E-state index contributed by atoms with van der Waals surface area (Å²) in [5.41, 5.74) is 11.5. The molecule has 2 heterocycles. The number of hydrogen-bond donors (Lipinski definition) is 0. The molecule has 0 fully saturated rings. The Kier molecular flexibility index (Phi) is 7.30. The van der Waals surface area contributed by atoms with Crippen LogP contribution in [0.15, 0.2) is 194 Å². The number of aromatic nitrogens is 2. The molecule has 0 saturated heterocycles. The molecule has 54 heavy (non-hydrogen) atoms. The zero-order chi connectivity index (χ0) is 35.6. The van der Waals surface area contributed by atoms with Crippen LogP contribution in [0.4, 0.5) is 0 Å². The van der Waals surface area contributed by atoms with Crippen LogP contribution in [0, 0.1) is 17.8 Å². The second kappa shape index (κ2) is 12.6. The van der Waals surface area contributed by atoms with E-state index in [1.807, 2.05) is 0 Å². The largest absolute Gasteiger partial charge is 0.313 e. The molecule has 6 aromatic carbocycles. The van der Waals surface area contributed by atoms with Crippen molar-refractivity contribution in [2.45, 2.75) is 19.3 Å². The van der Waals surface area contributed by atoms with Crippen LogP contribution in [-0.4, -0.2) is 9.13 Å². The van der Waals surface area contributed by atoms with E-state index in [1.54, 1.807) is 0 Å². The first-order chi connectivity index (χ1) is 26.8. The van der Waals surface area contributed by atoms with Gasteiger partial charge in [0.15, 0.2) is 0 Å². The predicted octanol–water partition coefficient (Wildman–Crippen LogP) is 13.8. The minimum Gasteiger partial charge on any atom is -0.313 e. The summed E-state index contributed by atoms with van der Waals surface area (Å²) in [6, 6.07) is 47.2. The second-order valence-corrected chi connectivity index (χ2v) is 15.2. The van der Waals surface area contributed by atoms with E-state index in [-0.39, 0.29) is 0 Å². The SMILES string of the molecule is C1=CCC(C2=CCC(C3C=CC=C(n4c5ccccc5c5cc(-c6ccc7c(c6)c6ccccc6n7-c6cccc7ccccc67)ccc54)C3)C=C2)C=C1. The van der Waals surface area contributed by atoms with Crippen molar-refractivity contribution in [3.8, 4) is 16.8 Å². The molecule has 258 valence electrons. The summed E-state index contributed by atoms with van der Waals surface area (Å²) in [5, 5.41) is 7.66. The van der Waals surface area contributed by atoms with Gasteiger partial charge in [0.2, 0.25) is 0 Å². The molecule has 0 saturated carbocycles. The fraction of sp³-hybridized carbons (Fsp3) is 0.115. The van der Waals surface area contributed by atoms with Crippen LogP contribution >= 0.6 is 0 Å². The van der Waals surface area contributed by atoms with Gasteiger partial charge in [-0.05, 0) is 102 Å². The highest BCUT2D eigenvalue weighted by molar-refractivity contribution is 6.13. The van der Waals surface area contributed by atoms with Gasteiger partial charge in [-0.1, -0.05) is 140 Å². The molecule has 0 N–H and O–H groups in total. The van der Waals surface area contributed by atoms with E-state index in [1.165, 1.54) is 82.5 Å². The first-order valence-electron chi connectivity index (χ1n) is 19.4. The molecule has 2 heteroatoms. The Morgan fingerprint density at radius 2 is 1.15 bits per heavy atom. The highest BCUT2D eigenvalue weighted by Gasteiger charge is 2.25. The monoisotopic (exact) mass is 692 g/mol. The van der Waals surface area contributed by atoms with E-state index in [9.17, 15) is 0 Å². The Morgan fingerprint density at radius 3 is 1.87 bits per heavy atom. The molecule has 8 aromatic rings. The van der Waals surface area contributed by atoms with Gasteiger partial charge >= 0.3 is 0 Å². The third kappa shape index (κ3) is 5.01. The first kappa shape index (κ1) is 31.2. The van der Waals surface area contributed by atoms with Crippen molar-refractivity contribution < 1.29 is 0 Å². The van der Waals surface area contributed by atoms with Crippen LogP contribution in [0.2, 0.25) is 0 Å². The zero-order valence-corrected chi connectivity index (χ0v) is 30.1. The Morgan fingerprint density at radius 1 is 0.481 bits per heavy atom. The van der Waals surface area contributed by atoms with Crippen molar-refractivity contribution in [1.82, 2.24) is 9.13 Å². The van der Waals surface area contributed by atoms with Gasteiger partial charge in [-0.15, -0.1) is 0 Å². The van der Waals surface area contributed by atoms with E-state index in [0.717, 1.165) is 19.3 Å². The standard InChI is InChI=1S/C52H40N2/c1-2-12-35(13-3-1)36-24-26-37(27-25-36)39-16-10-17-42(32-39)53-49-21-8-6-19-44(49)46-33-40(28-30-51(46)53)41-29-31-52-47(34-41)45-20-7-9-22-50(45)54(52)48-23-11-15-38-14-4-5-18-43(38)48/h1-12,14-26,28-31,33-35,37,39H,13,27,32H2. The molecule has 3 atom stereocenters. The molecule has 11 rings (SSSR count). The van der Waals surface area contributed by atoms with E-state index in [4.69, 9.17) is 0 Å². The molecule has 0 amide bonds. The maximum atomic E-state index is 2.53. The van der Waals surface area contributed by atoms with Gasteiger partial charge in [0.1, 0.15) is 0 Å². The topological polar surface area (TPSA) is 9.86 Å². The Bertz CT molecular complexity index is 2980. The number of benzene rings is 6. The van der Waals surface area contributed by atoms with Crippen LogP contribution in [0.1, 0.15) is 19.3 Å². The van der Waals surface area contributed by atoms with Crippen molar-refractivity contribution in [3.05, 3.63) is 194 Å². The van der Waals surface area contributed by atoms with E-state index in [0.29, 0.717) is 17.8 Å². The highest BCUT2D eigenvalue weighted by atomic mass is 15.0. The minimum atomic E-state index is 0.471. The van der Waals surface area contributed by atoms with E-state index in [2.05, 4.69) is 197 Å². The lowest BCUT2D eigenvalue weighted by Crippen LogP contribution is -2.17. The van der Waals surface area contributed by atoms with Gasteiger partial charge < -0.3 is 9.13 Å². The molecule has 3 aliphatic carbocycles. The summed E-state index contributed by atoms with van der Waals surface area (Å²) >= 11 is 0. The fourth-order valence-corrected chi connectivity index (χ4v) is 9.50. The lowest BCUT2D eigenvalue weighted by Gasteiger charge is -2.28. The van der Waals surface area contributed by atoms with Gasteiger partial charge in [0, 0.05) is 38.5 Å². The van der Waals surface area contributed by atoms with Crippen molar-refractivity contribution in [2.24, 2.45) is 17.8 Å². The van der Waals surface area contributed by atoms with E-state index >= 15 is 0 Å². The molecule has 3 aliphatic rings. The third-order valence-corrected chi connectivity index (χ3v) is 12.2. The van der Waals surface area contributed by atoms with Crippen molar-refractivity contribution in [3.63, 3.8) is 0 Å². The number of allylic oxidation sites excluding steroid dienone is 12. The lowest BCUT2D eigenvalue weighted by atomic mass is 9.78. The predicted molar refractivity (Wildman–Crippen MR) is 230 cm³/mol. The molecule has 2 aromatic heterocycles. The number of nitrogens with zero attached hydrogens (tertiary/aromatic N) is 2. The summed E-state index contributed by atoms with van der Waals surface area (Å²) in [4.78, 5) is 0. The molecule has 2 nitrogen and oxygen atoms in total. The van der Waals surface area contributed by atoms with E-state index < -0.39 is 0 Å². The highest BCUT2D eigenvalue weighted by Crippen LogP contribution is 2.42. The molecule has 0 bridgehead atoms. The van der Waals surface area contributed by atoms with Crippen LogP contribution in [0.3, 0.4) is 0 Å². The lowest BCUT2D eigenvalue weighted by molar-refractivity contribution is 0.474. The van der Waals surface area contributed by atoms with Gasteiger partial charge in [-0.2, -0.15) is 0 Å². The molecule has 0 spiro atoms. The quantitative estimate of drug-likeness (QED) is 0.170. The van der Waals surface area contributed by atoms with Crippen LogP contribution < -0.4 is 0 Å². The summed E-state index contributed by atoms with van der Waals surface area (Å²) < 4.78 is 4.97. The Labute approximate surface area is 315 Å². The molecular formula is C52H40N2. The Hall–Kier alpha value is -6.38. The minimum absolute atomic E-state index is 0.471. The fourth-order valence-electron chi connectivity index (χ4n) is 9.50. The summed E-state index contributed by atoms with van der Waals surface area (Å²) in [6.07, 6.45) is 26.6. The maximum absolute atomic E-state index is 2.53. The number of rotatable bonds is 5. The second-order valence-electron chi connectivity index (χ2n) is 15.2. The number of para-hydroxylation sites is 2. The zero-order valence-electron chi connectivity index (χ0n) is 30.1. The smallest absolute Gasteiger partial charge is 0.0541 e. The third-order valence-electron chi connectivity index (χ3n) is 12.2. The number of hydrogen-bond acceptors (Lipinski definition) is 0. The average Bonchev–Trinajstić information content (AvgIpc) is 3.76. The first-order valence-corrected chi connectivity index (χ1v) is 19.4. The molecule has 0 radical (unpaired) electrons. The molecule has 3 unspecified atom stereocenters. The maximum Gasteiger partial charge on any atom is 0.0541 e. The summed E-state index contributed by atoms with van der Waals surface area (Å²) in [6.45, 7) is 0. The average molecular weight is 693 g/mol. The number of fused-ring (bicyclic) bond motifs is 7. The van der Waals surface area contributed by atoms with Crippen LogP contribution in [0.5, 0.6) is 0 Å². The summed E-state index contributed by atoms with van der Waals surface area (Å²) in [7, 11) is 0.